The molecular formula is C32H36N6O3S2. The van der Waals surface area contributed by atoms with E-state index < -0.39 is 5.91 Å². The molecule has 1 aromatic carbocycles. The van der Waals surface area contributed by atoms with E-state index >= 15 is 0 Å². The van der Waals surface area contributed by atoms with Crippen LogP contribution in [-0.2, 0) is 11.8 Å². The Morgan fingerprint density at radius 1 is 0.953 bits per heavy atom. The van der Waals surface area contributed by atoms with E-state index in [1.165, 1.54) is 39.7 Å². The number of benzene rings is 1. The van der Waals surface area contributed by atoms with Crippen molar-refractivity contribution >= 4 is 57.4 Å². The summed E-state index contributed by atoms with van der Waals surface area (Å²) in [6.07, 6.45) is 10.1. The van der Waals surface area contributed by atoms with Gasteiger partial charge in [0.2, 0.25) is 0 Å². The van der Waals surface area contributed by atoms with Crippen molar-refractivity contribution < 1.29 is 4.79 Å². The maximum absolute atomic E-state index is 13.9. The van der Waals surface area contributed by atoms with Crippen molar-refractivity contribution in [1.29, 1.82) is 0 Å². The Morgan fingerprint density at radius 2 is 1.67 bits per heavy atom. The van der Waals surface area contributed by atoms with Crippen molar-refractivity contribution in [2.45, 2.75) is 59.3 Å². The Labute approximate surface area is 260 Å². The molecule has 1 saturated heterocycles. The minimum atomic E-state index is -0.448. The highest BCUT2D eigenvalue weighted by Crippen LogP contribution is 2.36. The van der Waals surface area contributed by atoms with Gasteiger partial charge in [0.15, 0.2) is 4.32 Å². The Bertz CT molecular complexity index is 1840. The second-order valence-corrected chi connectivity index (χ2v) is 12.4. The number of pyridine rings is 1. The lowest BCUT2D eigenvalue weighted by Gasteiger charge is -2.13. The molecule has 4 aromatic rings. The number of thiocarbonyl (C=S) groups is 1. The summed E-state index contributed by atoms with van der Waals surface area (Å²) in [5.41, 5.74) is 2.54. The summed E-state index contributed by atoms with van der Waals surface area (Å²) >= 11 is 6.70. The number of fused-ring (bicyclic) bond motifs is 1. The monoisotopic (exact) mass is 616 g/mol. The predicted octanol–water partition coefficient (Wildman–Crippen LogP) is 5.98. The highest BCUT2D eigenvalue weighted by Gasteiger charge is 2.38. The number of aromatic nitrogens is 4. The summed E-state index contributed by atoms with van der Waals surface area (Å²) in [4.78, 5) is 47.6. The Hall–Kier alpha value is -3.96. The van der Waals surface area contributed by atoms with E-state index in [2.05, 4.69) is 12.2 Å². The molecule has 0 saturated carbocycles. The molecule has 1 N–H and O–H groups in total. The summed E-state index contributed by atoms with van der Waals surface area (Å²) in [6, 6.07) is 12.9. The summed E-state index contributed by atoms with van der Waals surface area (Å²) in [7, 11) is 1.77. The number of nitrogens with zero attached hydrogens (tertiary/aromatic N) is 5. The Balaban J connectivity index is 1.51. The fourth-order valence-electron chi connectivity index (χ4n) is 5.29. The number of hydrogen-bond acceptors (Lipinski definition) is 7. The molecule has 1 aliphatic rings. The van der Waals surface area contributed by atoms with Crippen LogP contribution in [0.25, 0.3) is 17.4 Å². The number of hydrogen-bond donors (Lipinski definition) is 1. The van der Waals surface area contributed by atoms with Crippen LogP contribution in [0.2, 0.25) is 0 Å². The van der Waals surface area contributed by atoms with Gasteiger partial charge in [0.1, 0.15) is 17.2 Å². The van der Waals surface area contributed by atoms with Crippen molar-refractivity contribution in [2.24, 2.45) is 7.05 Å². The Kier molecular flexibility index (Phi) is 9.31. The summed E-state index contributed by atoms with van der Waals surface area (Å²) < 4.78 is 4.95. The number of amides is 1. The van der Waals surface area contributed by atoms with Crippen molar-refractivity contribution in [3.8, 4) is 5.69 Å². The number of thioether (sulfide) groups is 1. The third-order valence-electron chi connectivity index (χ3n) is 7.72. The maximum Gasteiger partial charge on any atom is 0.296 e. The van der Waals surface area contributed by atoms with Crippen LogP contribution in [0.1, 0.15) is 62.3 Å². The zero-order valence-corrected chi connectivity index (χ0v) is 26.6. The van der Waals surface area contributed by atoms with E-state index in [1.807, 2.05) is 43.3 Å². The average molecular weight is 617 g/mol. The Morgan fingerprint density at radius 3 is 2.42 bits per heavy atom. The molecule has 11 heteroatoms. The number of nitrogens with one attached hydrogen (secondary N) is 1. The second-order valence-electron chi connectivity index (χ2n) is 10.7. The summed E-state index contributed by atoms with van der Waals surface area (Å²) in [5.74, 6) is -0.0166. The van der Waals surface area contributed by atoms with E-state index in [4.69, 9.17) is 17.2 Å². The fraction of sp³-hybridized carbons (Fsp3) is 0.344. The zero-order chi connectivity index (χ0) is 30.7. The van der Waals surface area contributed by atoms with Gasteiger partial charge in [-0.15, -0.1) is 0 Å². The largest absolute Gasteiger partial charge is 0.369 e. The van der Waals surface area contributed by atoms with Crippen LogP contribution in [0.15, 0.2) is 63.2 Å². The molecule has 0 bridgehead atoms. The summed E-state index contributed by atoms with van der Waals surface area (Å²) in [6.45, 7) is 6.55. The van der Waals surface area contributed by atoms with Crippen molar-refractivity contribution in [1.82, 2.24) is 18.7 Å². The van der Waals surface area contributed by atoms with Gasteiger partial charge in [-0.25, -0.2) is 9.67 Å². The quantitative estimate of drug-likeness (QED) is 0.126. The molecule has 4 heterocycles. The van der Waals surface area contributed by atoms with E-state index in [0.717, 1.165) is 30.2 Å². The first-order chi connectivity index (χ1) is 20.7. The van der Waals surface area contributed by atoms with Crippen molar-refractivity contribution in [3.05, 3.63) is 91.1 Å². The number of anilines is 2. The van der Waals surface area contributed by atoms with E-state index in [9.17, 15) is 14.4 Å². The number of para-hydroxylation sites is 1. The molecule has 3 aromatic heterocycles. The molecule has 0 spiro atoms. The molecule has 0 atom stereocenters. The number of unbranched alkanes of at least 4 members (excludes halogenated alkanes) is 5. The summed E-state index contributed by atoms with van der Waals surface area (Å²) in [5, 5.41) is 3.36. The molecule has 0 unspecified atom stereocenters. The fourth-order valence-corrected chi connectivity index (χ4v) is 6.54. The topological polar surface area (TPSA) is 93.6 Å². The predicted molar refractivity (Wildman–Crippen MR) is 179 cm³/mol. The van der Waals surface area contributed by atoms with Gasteiger partial charge in [0.05, 0.1) is 21.8 Å². The van der Waals surface area contributed by atoms with Gasteiger partial charge in [0, 0.05) is 19.8 Å². The normalized spacial score (nSPS) is 14.4. The average Bonchev–Trinajstić information content (AvgIpc) is 3.39. The van der Waals surface area contributed by atoms with Gasteiger partial charge in [0.25, 0.3) is 17.0 Å². The SMILES string of the molecule is CCCCCCCCNc1nc2c(C)cccn2c(=O)c1/C=C1/SC(=S)N(c2c(C)n(C)n(-c3ccccc3)c2=O)C1=O. The van der Waals surface area contributed by atoms with E-state index in [0.29, 0.717) is 29.4 Å². The second kappa shape index (κ2) is 13.1. The van der Waals surface area contributed by atoms with Crippen LogP contribution < -0.4 is 21.3 Å². The van der Waals surface area contributed by atoms with Gasteiger partial charge < -0.3 is 5.32 Å². The molecule has 5 rings (SSSR count). The molecule has 0 aliphatic carbocycles. The minimum Gasteiger partial charge on any atom is -0.369 e. The number of carbonyl (C=O) groups is 1. The third-order valence-corrected chi connectivity index (χ3v) is 9.03. The molecule has 43 heavy (non-hydrogen) atoms. The maximum atomic E-state index is 13.9. The van der Waals surface area contributed by atoms with Gasteiger partial charge in [-0.05, 0) is 50.1 Å². The van der Waals surface area contributed by atoms with Crippen molar-refractivity contribution in [3.63, 3.8) is 0 Å². The first-order valence-corrected chi connectivity index (χ1v) is 15.8. The highest BCUT2D eigenvalue weighted by atomic mass is 32.2. The van der Waals surface area contributed by atoms with Gasteiger partial charge in [-0.3, -0.25) is 28.4 Å². The first kappa shape index (κ1) is 30.5. The molecule has 9 nitrogen and oxygen atoms in total. The molecule has 1 amide bonds. The highest BCUT2D eigenvalue weighted by molar-refractivity contribution is 8.27. The van der Waals surface area contributed by atoms with Gasteiger partial charge >= 0.3 is 0 Å². The number of rotatable bonds is 11. The van der Waals surface area contributed by atoms with Crippen LogP contribution in [0.3, 0.4) is 0 Å². The smallest absolute Gasteiger partial charge is 0.296 e. The van der Waals surface area contributed by atoms with Crippen LogP contribution in [0.5, 0.6) is 0 Å². The lowest BCUT2D eigenvalue weighted by Crippen LogP contribution is -2.33. The lowest BCUT2D eigenvalue weighted by molar-refractivity contribution is -0.113. The van der Waals surface area contributed by atoms with Crippen LogP contribution in [-0.4, -0.2) is 35.5 Å². The molecule has 1 fully saturated rings. The van der Waals surface area contributed by atoms with Gasteiger partial charge in [-0.2, -0.15) is 0 Å². The third kappa shape index (κ3) is 5.96. The number of carbonyl (C=O) groups excluding carboxylic acids is 1. The molecular weight excluding hydrogens is 581 g/mol. The molecule has 1 aliphatic heterocycles. The van der Waals surface area contributed by atoms with Crippen molar-refractivity contribution in [2.75, 3.05) is 16.8 Å². The minimum absolute atomic E-state index is 0.197. The van der Waals surface area contributed by atoms with Gasteiger partial charge in [-0.1, -0.05) is 87.3 Å². The lowest BCUT2D eigenvalue weighted by atomic mass is 10.1. The van der Waals surface area contributed by atoms with E-state index in [-0.39, 0.29) is 31.6 Å². The van der Waals surface area contributed by atoms with Crippen LogP contribution in [0, 0.1) is 13.8 Å². The van der Waals surface area contributed by atoms with Crippen LogP contribution >= 0.6 is 24.0 Å². The molecule has 224 valence electrons. The number of aryl methyl sites for hydroxylation is 1. The standard InChI is InChI=1S/C32H36N6O3S2/c1-5-6-7-8-9-13-18-33-27-24(29(39)36-19-14-15-21(2)28(36)34-27)20-25-30(40)37(32(42)43-25)26-22(3)35(4)38(31(26)41)23-16-11-10-12-17-23/h10-12,14-17,19-20,33H,5-9,13,18H2,1-4H3/b25-20+. The first-order valence-electron chi connectivity index (χ1n) is 14.6. The van der Waals surface area contributed by atoms with Crippen LogP contribution in [0.4, 0.5) is 11.5 Å². The van der Waals surface area contributed by atoms with E-state index in [1.54, 1.807) is 37.0 Å². The molecule has 0 radical (unpaired) electrons. The zero-order valence-electron chi connectivity index (χ0n) is 24.9.